The Morgan fingerprint density at radius 3 is 2.55 bits per heavy atom. The maximum absolute atomic E-state index is 13.5. The molecule has 0 fully saturated rings. The molecule has 0 spiro atoms. The molecular weight excluding hydrogens is 432 g/mol. The molecule has 0 unspecified atom stereocenters. The lowest BCUT2D eigenvalue weighted by Crippen LogP contribution is -2.30. The molecule has 0 bridgehead atoms. The summed E-state index contributed by atoms with van der Waals surface area (Å²) >= 11 is 7.77. The van der Waals surface area contributed by atoms with Crippen LogP contribution < -0.4 is 14.5 Å². The monoisotopic (exact) mass is 452 g/mol. The standard InChI is InChI=1S/C23H21ClN4O2S/c1-27(2)17-8-6-16(7-9-17)22(29)28(14-15-5-4-12-25-13-15)23-26-20-19(30-3)11-10-18(24)21(20)31-23/h4-13H,14H2,1-3H3. The first kappa shape index (κ1) is 21.1. The van der Waals surface area contributed by atoms with Crippen LogP contribution in [0.15, 0.2) is 60.9 Å². The lowest BCUT2D eigenvalue weighted by molar-refractivity contribution is 0.0985. The quantitative estimate of drug-likeness (QED) is 0.399. The zero-order chi connectivity index (χ0) is 22.0. The van der Waals surface area contributed by atoms with E-state index in [0.29, 0.717) is 33.5 Å². The van der Waals surface area contributed by atoms with Gasteiger partial charge in [-0.15, -0.1) is 0 Å². The molecular formula is C23H21ClN4O2S. The Labute approximate surface area is 189 Å². The van der Waals surface area contributed by atoms with E-state index in [-0.39, 0.29) is 5.91 Å². The molecule has 0 aliphatic rings. The van der Waals surface area contributed by atoms with E-state index >= 15 is 0 Å². The van der Waals surface area contributed by atoms with E-state index in [1.165, 1.54) is 11.3 Å². The number of hydrogen-bond acceptors (Lipinski definition) is 6. The predicted octanol–water partition coefficient (Wildman–Crippen LogP) is 5.27. The first-order valence-electron chi connectivity index (χ1n) is 9.59. The van der Waals surface area contributed by atoms with Crippen molar-refractivity contribution in [2.45, 2.75) is 6.54 Å². The van der Waals surface area contributed by atoms with Gasteiger partial charge < -0.3 is 9.64 Å². The van der Waals surface area contributed by atoms with Crippen LogP contribution >= 0.6 is 22.9 Å². The number of halogens is 1. The van der Waals surface area contributed by atoms with Crippen molar-refractivity contribution in [1.29, 1.82) is 0 Å². The van der Waals surface area contributed by atoms with Crippen molar-refractivity contribution in [2.75, 3.05) is 31.0 Å². The van der Waals surface area contributed by atoms with Gasteiger partial charge in [-0.2, -0.15) is 0 Å². The SMILES string of the molecule is COc1ccc(Cl)c2sc(N(Cc3cccnc3)C(=O)c3ccc(N(C)C)cc3)nc12. The van der Waals surface area contributed by atoms with Crippen LogP contribution in [0, 0.1) is 0 Å². The van der Waals surface area contributed by atoms with Crippen LogP contribution in [-0.4, -0.2) is 37.1 Å². The summed E-state index contributed by atoms with van der Waals surface area (Å²) in [5, 5.41) is 1.12. The Bertz CT molecular complexity index is 1210. The fraction of sp³-hybridized carbons (Fsp3) is 0.174. The van der Waals surface area contributed by atoms with E-state index in [4.69, 9.17) is 21.3 Å². The number of thiazole rings is 1. The van der Waals surface area contributed by atoms with Gasteiger partial charge in [-0.25, -0.2) is 4.98 Å². The summed E-state index contributed by atoms with van der Waals surface area (Å²) in [6, 6.07) is 14.8. The number of methoxy groups -OCH3 is 1. The number of ether oxygens (including phenoxy) is 1. The van der Waals surface area contributed by atoms with Crippen LogP contribution in [-0.2, 0) is 6.54 Å². The maximum Gasteiger partial charge on any atom is 0.260 e. The number of nitrogens with zero attached hydrogens (tertiary/aromatic N) is 4. The summed E-state index contributed by atoms with van der Waals surface area (Å²) in [7, 11) is 5.51. The van der Waals surface area contributed by atoms with Crippen molar-refractivity contribution in [1.82, 2.24) is 9.97 Å². The van der Waals surface area contributed by atoms with E-state index in [1.54, 1.807) is 36.5 Å². The van der Waals surface area contributed by atoms with Crippen LogP contribution in [0.1, 0.15) is 15.9 Å². The molecule has 1 amide bonds. The molecule has 6 nitrogen and oxygen atoms in total. The number of rotatable bonds is 6. The Morgan fingerprint density at radius 1 is 1.13 bits per heavy atom. The van der Waals surface area contributed by atoms with Crippen molar-refractivity contribution in [3.63, 3.8) is 0 Å². The molecule has 0 atom stereocenters. The van der Waals surface area contributed by atoms with Gasteiger partial charge in [0.2, 0.25) is 0 Å². The Balaban J connectivity index is 1.78. The second-order valence-electron chi connectivity index (χ2n) is 7.12. The first-order valence-corrected chi connectivity index (χ1v) is 10.8. The zero-order valence-corrected chi connectivity index (χ0v) is 18.9. The smallest absolute Gasteiger partial charge is 0.260 e. The van der Waals surface area contributed by atoms with Crippen LogP contribution in [0.2, 0.25) is 5.02 Å². The van der Waals surface area contributed by atoms with Gasteiger partial charge in [0.25, 0.3) is 5.91 Å². The predicted molar refractivity (Wildman–Crippen MR) is 127 cm³/mol. The number of anilines is 2. The maximum atomic E-state index is 13.5. The van der Waals surface area contributed by atoms with Gasteiger partial charge in [0, 0.05) is 37.7 Å². The van der Waals surface area contributed by atoms with Gasteiger partial charge in [0.15, 0.2) is 5.13 Å². The molecule has 2 aromatic heterocycles. The third-order valence-electron chi connectivity index (χ3n) is 4.84. The van der Waals surface area contributed by atoms with Crippen molar-refractivity contribution in [2.24, 2.45) is 0 Å². The van der Waals surface area contributed by atoms with Crippen LogP contribution in [0.25, 0.3) is 10.2 Å². The number of aromatic nitrogens is 2. The second-order valence-corrected chi connectivity index (χ2v) is 8.50. The van der Waals surface area contributed by atoms with Crippen LogP contribution in [0.3, 0.4) is 0 Å². The van der Waals surface area contributed by atoms with Crippen LogP contribution in [0.5, 0.6) is 5.75 Å². The number of pyridine rings is 1. The highest BCUT2D eigenvalue weighted by Crippen LogP contribution is 2.39. The third kappa shape index (κ3) is 4.33. The average molecular weight is 453 g/mol. The molecule has 158 valence electrons. The lowest BCUT2D eigenvalue weighted by Gasteiger charge is -2.20. The van der Waals surface area contributed by atoms with Crippen molar-refractivity contribution in [3.8, 4) is 5.75 Å². The van der Waals surface area contributed by atoms with Crippen molar-refractivity contribution < 1.29 is 9.53 Å². The summed E-state index contributed by atoms with van der Waals surface area (Å²) in [5.41, 5.74) is 3.14. The molecule has 0 aliphatic heterocycles. The molecule has 2 aromatic carbocycles. The van der Waals surface area contributed by atoms with E-state index in [2.05, 4.69) is 4.98 Å². The third-order valence-corrected chi connectivity index (χ3v) is 6.38. The highest BCUT2D eigenvalue weighted by Gasteiger charge is 2.23. The molecule has 8 heteroatoms. The molecule has 0 saturated heterocycles. The summed E-state index contributed by atoms with van der Waals surface area (Å²) in [6.07, 6.45) is 3.45. The van der Waals surface area contributed by atoms with Crippen molar-refractivity contribution >= 4 is 49.9 Å². The molecule has 4 aromatic rings. The Kier molecular flexibility index (Phi) is 6.06. The summed E-state index contributed by atoms with van der Waals surface area (Å²) in [4.78, 5) is 26.1. The second kappa shape index (κ2) is 8.91. The minimum Gasteiger partial charge on any atom is -0.494 e. The Morgan fingerprint density at radius 2 is 1.90 bits per heavy atom. The fourth-order valence-electron chi connectivity index (χ4n) is 3.18. The Hall–Kier alpha value is -3.16. The number of hydrogen-bond donors (Lipinski definition) is 0. The zero-order valence-electron chi connectivity index (χ0n) is 17.4. The van der Waals surface area contributed by atoms with Gasteiger partial charge in [-0.1, -0.05) is 29.0 Å². The first-order chi connectivity index (χ1) is 15.0. The lowest BCUT2D eigenvalue weighted by atomic mass is 10.1. The summed E-state index contributed by atoms with van der Waals surface area (Å²) in [6.45, 7) is 0.335. The van der Waals surface area contributed by atoms with Gasteiger partial charge >= 0.3 is 0 Å². The number of fused-ring (bicyclic) bond motifs is 1. The van der Waals surface area contributed by atoms with Gasteiger partial charge in [-0.3, -0.25) is 14.7 Å². The normalized spacial score (nSPS) is 10.8. The summed E-state index contributed by atoms with van der Waals surface area (Å²) < 4.78 is 6.22. The van der Waals surface area contributed by atoms with Gasteiger partial charge in [-0.05, 0) is 48.0 Å². The van der Waals surface area contributed by atoms with E-state index in [0.717, 1.165) is 16.0 Å². The largest absolute Gasteiger partial charge is 0.494 e. The minimum absolute atomic E-state index is 0.150. The number of amides is 1. The van der Waals surface area contributed by atoms with E-state index in [1.807, 2.05) is 55.4 Å². The molecule has 0 saturated carbocycles. The number of carbonyl (C=O) groups is 1. The van der Waals surface area contributed by atoms with Gasteiger partial charge in [0.1, 0.15) is 11.3 Å². The topological polar surface area (TPSA) is 58.6 Å². The highest BCUT2D eigenvalue weighted by atomic mass is 35.5. The molecule has 0 aliphatic carbocycles. The molecule has 31 heavy (non-hydrogen) atoms. The molecule has 4 rings (SSSR count). The summed E-state index contributed by atoms with van der Waals surface area (Å²) in [5.74, 6) is 0.467. The number of carbonyl (C=O) groups excluding carboxylic acids is 1. The van der Waals surface area contributed by atoms with Crippen molar-refractivity contribution in [3.05, 3.63) is 77.1 Å². The van der Waals surface area contributed by atoms with E-state index in [9.17, 15) is 4.79 Å². The fourth-order valence-corrected chi connectivity index (χ4v) is 4.43. The molecule has 0 N–H and O–H groups in total. The molecule has 2 heterocycles. The molecule has 0 radical (unpaired) electrons. The minimum atomic E-state index is -0.150. The van der Waals surface area contributed by atoms with E-state index < -0.39 is 0 Å². The average Bonchev–Trinajstić information content (AvgIpc) is 3.24. The van der Waals surface area contributed by atoms with Gasteiger partial charge in [0.05, 0.1) is 23.4 Å². The number of benzene rings is 2. The van der Waals surface area contributed by atoms with Crippen LogP contribution in [0.4, 0.5) is 10.8 Å². The highest BCUT2D eigenvalue weighted by molar-refractivity contribution is 7.23.